The molecule has 1 heteroatoms. The van der Waals surface area contributed by atoms with Gasteiger partial charge in [0, 0.05) is 12.0 Å². The normalized spacial score (nSPS) is 14.2. The number of aryl methyl sites for hydroxylation is 1. The lowest BCUT2D eigenvalue weighted by Crippen LogP contribution is -2.17. The summed E-state index contributed by atoms with van der Waals surface area (Å²) in [6.45, 7) is 4.36. The summed E-state index contributed by atoms with van der Waals surface area (Å²) in [7, 11) is 0. The third kappa shape index (κ3) is 2.80. The highest BCUT2D eigenvalue weighted by molar-refractivity contribution is 5.29. The van der Waals surface area contributed by atoms with Crippen LogP contribution in [0.3, 0.4) is 0 Å². The van der Waals surface area contributed by atoms with Crippen molar-refractivity contribution >= 4 is 0 Å². The van der Waals surface area contributed by atoms with E-state index in [4.69, 9.17) is 5.73 Å². The molecule has 2 N–H and O–H groups in total. The third-order valence-electron chi connectivity index (χ3n) is 3.64. The van der Waals surface area contributed by atoms with E-state index in [1.807, 2.05) is 6.07 Å². The maximum Gasteiger partial charge on any atom is 0.0361 e. The van der Waals surface area contributed by atoms with Crippen LogP contribution in [-0.4, -0.2) is 0 Å². The minimum atomic E-state index is 0.0540. The van der Waals surface area contributed by atoms with E-state index in [1.165, 1.54) is 16.7 Å². The molecule has 2 unspecified atom stereocenters. The maximum atomic E-state index is 6.36. The van der Waals surface area contributed by atoms with Gasteiger partial charge >= 0.3 is 0 Å². The fourth-order valence-corrected chi connectivity index (χ4v) is 2.23. The smallest absolute Gasteiger partial charge is 0.0361 e. The van der Waals surface area contributed by atoms with Crippen molar-refractivity contribution in [1.82, 2.24) is 0 Å². The highest BCUT2D eigenvalue weighted by Gasteiger charge is 2.16. The topological polar surface area (TPSA) is 26.0 Å². The van der Waals surface area contributed by atoms with E-state index in [1.54, 1.807) is 0 Å². The van der Waals surface area contributed by atoms with E-state index < -0.39 is 0 Å². The van der Waals surface area contributed by atoms with Crippen LogP contribution in [0.5, 0.6) is 0 Å². The first-order chi connectivity index (χ1) is 8.72. The highest BCUT2D eigenvalue weighted by Crippen LogP contribution is 2.28. The second-order valence-electron chi connectivity index (χ2n) is 4.82. The van der Waals surface area contributed by atoms with E-state index in [2.05, 4.69) is 62.4 Å². The predicted octanol–water partition coefficient (Wildman–Crippen LogP) is 4.05. The maximum absolute atomic E-state index is 6.36. The summed E-state index contributed by atoms with van der Waals surface area (Å²) >= 11 is 0. The van der Waals surface area contributed by atoms with E-state index in [0.29, 0.717) is 5.92 Å². The van der Waals surface area contributed by atoms with Crippen LogP contribution in [0, 0.1) is 0 Å². The van der Waals surface area contributed by atoms with Gasteiger partial charge in [-0.3, -0.25) is 0 Å². The summed E-state index contributed by atoms with van der Waals surface area (Å²) in [5.74, 6) is 0.332. The van der Waals surface area contributed by atoms with E-state index >= 15 is 0 Å². The molecule has 2 aromatic rings. The second-order valence-corrected chi connectivity index (χ2v) is 4.82. The Balaban J connectivity index is 2.17. The molecule has 0 amide bonds. The zero-order chi connectivity index (χ0) is 13.0. The molecule has 0 aliphatic carbocycles. The number of rotatable bonds is 4. The van der Waals surface area contributed by atoms with Crippen molar-refractivity contribution in [1.29, 1.82) is 0 Å². The first kappa shape index (κ1) is 12.8. The Bertz CT molecular complexity index is 473. The van der Waals surface area contributed by atoms with Crippen LogP contribution in [0.1, 0.15) is 42.5 Å². The summed E-state index contributed by atoms with van der Waals surface area (Å²) in [5, 5.41) is 0. The van der Waals surface area contributed by atoms with Crippen molar-refractivity contribution in [2.75, 3.05) is 0 Å². The van der Waals surface area contributed by atoms with Gasteiger partial charge in [-0.15, -0.1) is 0 Å². The second kappa shape index (κ2) is 5.83. The SMILES string of the molecule is CCc1ccc(C(N)C(C)c2ccccc2)cc1. The molecule has 0 saturated carbocycles. The van der Waals surface area contributed by atoms with E-state index in [0.717, 1.165) is 6.42 Å². The lowest BCUT2D eigenvalue weighted by Gasteiger charge is -2.21. The molecule has 2 rings (SSSR count). The van der Waals surface area contributed by atoms with Crippen LogP contribution >= 0.6 is 0 Å². The molecule has 2 atom stereocenters. The molecule has 0 bridgehead atoms. The Morgan fingerprint density at radius 3 is 2.06 bits per heavy atom. The zero-order valence-corrected chi connectivity index (χ0v) is 11.1. The van der Waals surface area contributed by atoms with Crippen molar-refractivity contribution in [3.63, 3.8) is 0 Å². The minimum Gasteiger partial charge on any atom is -0.323 e. The van der Waals surface area contributed by atoms with Crippen molar-refractivity contribution in [2.45, 2.75) is 32.2 Å². The summed E-state index contributed by atoms with van der Waals surface area (Å²) in [6, 6.07) is 19.2. The van der Waals surface area contributed by atoms with Crippen LogP contribution < -0.4 is 5.73 Å². The average molecular weight is 239 g/mol. The molecular weight excluding hydrogens is 218 g/mol. The Morgan fingerprint density at radius 2 is 1.50 bits per heavy atom. The molecule has 0 aliphatic heterocycles. The van der Waals surface area contributed by atoms with Crippen LogP contribution in [0.4, 0.5) is 0 Å². The van der Waals surface area contributed by atoms with Gasteiger partial charge in [0.25, 0.3) is 0 Å². The van der Waals surface area contributed by atoms with Gasteiger partial charge in [0.2, 0.25) is 0 Å². The number of hydrogen-bond donors (Lipinski definition) is 1. The molecule has 0 aliphatic rings. The first-order valence-corrected chi connectivity index (χ1v) is 6.61. The monoisotopic (exact) mass is 239 g/mol. The molecule has 0 fully saturated rings. The van der Waals surface area contributed by atoms with Crippen molar-refractivity contribution in [2.24, 2.45) is 5.73 Å². The molecule has 0 radical (unpaired) electrons. The number of benzene rings is 2. The van der Waals surface area contributed by atoms with Crippen molar-refractivity contribution in [3.05, 3.63) is 71.3 Å². The summed E-state index contributed by atoms with van der Waals surface area (Å²) in [6.07, 6.45) is 1.07. The summed E-state index contributed by atoms with van der Waals surface area (Å²) in [5.41, 5.74) is 10.2. The van der Waals surface area contributed by atoms with Crippen LogP contribution in [0.15, 0.2) is 54.6 Å². The molecule has 0 aromatic heterocycles. The lowest BCUT2D eigenvalue weighted by molar-refractivity contribution is 0.598. The minimum absolute atomic E-state index is 0.0540. The molecule has 18 heavy (non-hydrogen) atoms. The predicted molar refractivity (Wildman–Crippen MR) is 77.6 cm³/mol. The first-order valence-electron chi connectivity index (χ1n) is 6.61. The number of hydrogen-bond acceptors (Lipinski definition) is 1. The van der Waals surface area contributed by atoms with Crippen LogP contribution in [0.25, 0.3) is 0 Å². The van der Waals surface area contributed by atoms with Crippen molar-refractivity contribution in [3.8, 4) is 0 Å². The lowest BCUT2D eigenvalue weighted by atomic mass is 9.89. The van der Waals surface area contributed by atoms with Gasteiger partial charge < -0.3 is 5.73 Å². The van der Waals surface area contributed by atoms with E-state index in [9.17, 15) is 0 Å². The van der Waals surface area contributed by atoms with Gasteiger partial charge in [0.15, 0.2) is 0 Å². The Hall–Kier alpha value is -1.60. The highest BCUT2D eigenvalue weighted by atomic mass is 14.6. The quantitative estimate of drug-likeness (QED) is 0.855. The standard InChI is InChI=1S/C17H21N/c1-3-14-9-11-16(12-10-14)17(18)13(2)15-7-5-4-6-8-15/h4-13,17H,3,18H2,1-2H3. The summed E-state index contributed by atoms with van der Waals surface area (Å²) < 4.78 is 0. The molecular formula is C17H21N. The zero-order valence-electron chi connectivity index (χ0n) is 11.1. The fourth-order valence-electron chi connectivity index (χ4n) is 2.23. The van der Waals surface area contributed by atoms with Crippen LogP contribution in [0.2, 0.25) is 0 Å². The molecule has 94 valence electrons. The molecule has 1 nitrogen and oxygen atoms in total. The fraction of sp³-hybridized carbons (Fsp3) is 0.294. The molecule has 0 spiro atoms. The Kier molecular flexibility index (Phi) is 4.16. The Morgan fingerprint density at radius 1 is 0.889 bits per heavy atom. The largest absolute Gasteiger partial charge is 0.323 e. The average Bonchev–Trinajstić information content (AvgIpc) is 2.47. The van der Waals surface area contributed by atoms with Gasteiger partial charge in [-0.2, -0.15) is 0 Å². The van der Waals surface area contributed by atoms with Gasteiger partial charge in [0.05, 0.1) is 0 Å². The van der Waals surface area contributed by atoms with Gasteiger partial charge in [0.1, 0.15) is 0 Å². The Labute approximate surface area is 110 Å². The third-order valence-corrected chi connectivity index (χ3v) is 3.64. The molecule has 0 saturated heterocycles. The van der Waals surface area contributed by atoms with Gasteiger partial charge in [-0.25, -0.2) is 0 Å². The molecule has 2 aromatic carbocycles. The van der Waals surface area contributed by atoms with Crippen LogP contribution in [-0.2, 0) is 6.42 Å². The van der Waals surface area contributed by atoms with Gasteiger partial charge in [-0.1, -0.05) is 68.4 Å². The summed E-state index contributed by atoms with van der Waals surface area (Å²) in [4.78, 5) is 0. The van der Waals surface area contributed by atoms with Crippen molar-refractivity contribution < 1.29 is 0 Å². The van der Waals surface area contributed by atoms with Gasteiger partial charge in [-0.05, 0) is 23.1 Å². The van der Waals surface area contributed by atoms with E-state index in [-0.39, 0.29) is 6.04 Å². The number of nitrogens with two attached hydrogens (primary N) is 1. The molecule has 0 heterocycles.